The number of fused-ring (bicyclic) bond motifs is 1. The molecule has 1 N–H and O–H groups in total. The third-order valence-electron chi connectivity index (χ3n) is 6.19. The average molecular weight is 334 g/mol. The van der Waals surface area contributed by atoms with Crippen molar-refractivity contribution in [3.8, 4) is 0 Å². The lowest BCUT2D eigenvalue weighted by Gasteiger charge is -2.37. The number of hydrogen-bond donors (Lipinski definition) is 1. The molecule has 0 saturated carbocycles. The van der Waals surface area contributed by atoms with Crippen LogP contribution in [-0.4, -0.2) is 66.3 Å². The Bertz CT molecular complexity index is 568. The molecule has 3 aliphatic heterocycles. The Morgan fingerprint density at radius 3 is 2.88 bits per heavy atom. The molecule has 2 atom stereocenters. The predicted octanol–water partition coefficient (Wildman–Crippen LogP) is 1.67. The molecule has 0 radical (unpaired) electrons. The van der Waals surface area contributed by atoms with Crippen LogP contribution in [0.5, 0.6) is 0 Å². The van der Waals surface area contributed by atoms with Crippen LogP contribution in [-0.2, 0) is 16.1 Å². The van der Waals surface area contributed by atoms with Crippen molar-refractivity contribution in [2.24, 2.45) is 11.3 Å². The van der Waals surface area contributed by atoms with Crippen LogP contribution in [0.3, 0.4) is 0 Å². The summed E-state index contributed by atoms with van der Waals surface area (Å²) in [6.45, 7) is 5.70. The standard InChI is InChI=1S/C18H26N2O4/c21-17(22)18-5-9-23-12-14(18)10-20(13-18)15-3-6-19(7-4-15)11-16-2-1-8-24-16/h1-2,8,14-15H,3-7,9-13H2,(H,21,22)/t14-,18+/m1/s1. The van der Waals surface area contributed by atoms with Gasteiger partial charge in [-0.15, -0.1) is 0 Å². The van der Waals surface area contributed by atoms with E-state index in [4.69, 9.17) is 9.15 Å². The van der Waals surface area contributed by atoms with E-state index in [1.165, 1.54) is 0 Å². The molecule has 0 spiro atoms. The second-order valence-electron chi connectivity index (χ2n) is 7.50. The minimum absolute atomic E-state index is 0.143. The van der Waals surface area contributed by atoms with Crippen LogP contribution >= 0.6 is 0 Å². The zero-order chi connectivity index (χ0) is 16.6. The van der Waals surface area contributed by atoms with Gasteiger partial charge in [-0.05, 0) is 31.4 Å². The third kappa shape index (κ3) is 2.87. The van der Waals surface area contributed by atoms with Crippen LogP contribution in [0.25, 0.3) is 0 Å². The molecule has 3 saturated heterocycles. The second kappa shape index (κ2) is 6.50. The molecule has 0 aromatic carbocycles. The van der Waals surface area contributed by atoms with Crippen LogP contribution in [0.1, 0.15) is 25.0 Å². The molecule has 24 heavy (non-hydrogen) atoms. The van der Waals surface area contributed by atoms with E-state index < -0.39 is 11.4 Å². The highest BCUT2D eigenvalue weighted by atomic mass is 16.5. The summed E-state index contributed by atoms with van der Waals surface area (Å²) in [5.41, 5.74) is -0.580. The Morgan fingerprint density at radius 1 is 1.38 bits per heavy atom. The van der Waals surface area contributed by atoms with Gasteiger partial charge in [0.2, 0.25) is 0 Å². The van der Waals surface area contributed by atoms with Gasteiger partial charge in [-0.2, -0.15) is 0 Å². The second-order valence-corrected chi connectivity index (χ2v) is 7.50. The van der Waals surface area contributed by atoms with E-state index in [0.29, 0.717) is 32.2 Å². The number of rotatable bonds is 4. The molecule has 3 fully saturated rings. The van der Waals surface area contributed by atoms with Crippen molar-refractivity contribution in [1.82, 2.24) is 9.80 Å². The topological polar surface area (TPSA) is 66.2 Å². The first-order chi connectivity index (χ1) is 11.7. The normalized spacial score (nSPS) is 32.8. The van der Waals surface area contributed by atoms with Crippen molar-refractivity contribution in [1.29, 1.82) is 0 Å². The number of nitrogens with zero attached hydrogens (tertiary/aromatic N) is 2. The number of ether oxygens (including phenoxy) is 1. The molecule has 0 amide bonds. The monoisotopic (exact) mass is 334 g/mol. The Labute approximate surface area is 142 Å². The fourth-order valence-electron chi connectivity index (χ4n) is 4.68. The average Bonchev–Trinajstić information content (AvgIpc) is 3.23. The summed E-state index contributed by atoms with van der Waals surface area (Å²) in [6, 6.07) is 4.45. The van der Waals surface area contributed by atoms with E-state index in [1.807, 2.05) is 12.1 Å². The highest BCUT2D eigenvalue weighted by molar-refractivity contribution is 5.76. The van der Waals surface area contributed by atoms with E-state index in [2.05, 4.69) is 9.80 Å². The first-order valence-electron chi connectivity index (χ1n) is 8.97. The smallest absolute Gasteiger partial charge is 0.311 e. The van der Waals surface area contributed by atoms with Crippen LogP contribution in [0.4, 0.5) is 0 Å². The van der Waals surface area contributed by atoms with Gasteiger partial charge in [0.15, 0.2) is 0 Å². The summed E-state index contributed by atoms with van der Waals surface area (Å²) >= 11 is 0. The molecule has 4 rings (SSSR count). The van der Waals surface area contributed by atoms with E-state index in [-0.39, 0.29) is 5.92 Å². The Kier molecular flexibility index (Phi) is 4.37. The van der Waals surface area contributed by atoms with Crippen LogP contribution in [0.2, 0.25) is 0 Å². The number of carboxylic acid groups (broad SMARTS) is 1. The molecule has 132 valence electrons. The van der Waals surface area contributed by atoms with Gasteiger partial charge in [0, 0.05) is 44.7 Å². The maximum absolute atomic E-state index is 11.9. The SMILES string of the molecule is O=C(O)[C@]12CCOC[C@H]1CN(C1CCN(Cc3ccco3)CC1)C2. The summed E-state index contributed by atoms with van der Waals surface area (Å²) in [5, 5.41) is 9.80. The van der Waals surface area contributed by atoms with Gasteiger partial charge in [0.25, 0.3) is 0 Å². The Balaban J connectivity index is 1.35. The van der Waals surface area contributed by atoms with Gasteiger partial charge in [0.1, 0.15) is 5.76 Å². The lowest BCUT2D eigenvalue weighted by Crippen LogP contribution is -2.46. The molecule has 1 aromatic rings. The molecule has 3 aliphatic rings. The molecule has 4 heterocycles. The molecule has 1 aromatic heterocycles. The van der Waals surface area contributed by atoms with Gasteiger partial charge in [-0.3, -0.25) is 14.6 Å². The van der Waals surface area contributed by atoms with Crippen molar-refractivity contribution in [2.45, 2.75) is 31.8 Å². The highest BCUT2D eigenvalue weighted by Gasteiger charge is 2.54. The number of hydrogen-bond acceptors (Lipinski definition) is 5. The van der Waals surface area contributed by atoms with Crippen molar-refractivity contribution >= 4 is 5.97 Å². The zero-order valence-electron chi connectivity index (χ0n) is 14.0. The molecule has 0 aliphatic carbocycles. The molecule has 6 heteroatoms. The van der Waals surface area contributed by atoms with Gasteiger partial charge in [-0.25, -0.2) is 0 Å². The fraction of sp³-hybridized carbons (Fsp3) is 0.722. The van der Waals surface area contributed by atoms with Crippen molar-refractivity contribution < 1.29 is 19.1 Å². The van der Waals surface area contributed by atoms with Gasteiger partial charge in [-0.1, -0.05) is 0 Å². The van der Waals surface area contributed by atoms with Crippen molar-refractivity contribution in [3.05, 3.63) is 24.2 Å². The van der Waals surface area contributed by atoms with E-state index in [1.54, 1.807) is 6.26 Å². The number of likely N-dealkylation sites (tertiary alicyclic amines) is 2. The lowest BCUT2D eigenvalue weighted by molar-refractivity contribution is -0.157. The molecular formula is C18H26N2O4. The van der Waals surface area contributed by atoms with Crippen molar-refractivity contribution in [3.63, 3.8) is 0 Å². The largest absolute Gasteiger partial charge is 0.481 e. The summed E-state index contributed by atoms with van der Waals surface area (Å²) in [5.74, 6) is 0.529. The Morgan fingerprint density at radius 2 is 2.21 bits per heavy atom. The first kappa shape index (κ1) is 16.1. The fourth-order valence-corrected chi connectivity index (χ4v) is 4.68. The van der Waals surface area contributed by atoms with Gasteiger partial charge < -0.3 is 14.3 Å². The summed E-state index contributed by atoms with van der Waals surface area (Å²) in [6.07, 6.45) is 4.58. The van der Waals surface area contributed by atoms with E-state index in [9.17, 15) is 9.90 Å². The number of carboxylic acids is 1. The quantitative estimate of drug-likeness (QED) is 0.903. The maximum Gasteiger partial charge on any atom is 0.311 e. The highest BCUT2D eigenvalue weighted by Crippen LogP contribution is 2.44. The minimum Gasteiger partial charge on any atom is -0.481 e. The minimum atomic E-state index is -0.631. The third-order valence-corrected chi connectivity index (χ3v) is 6.19. The lowest BCUT2D eigenvalue weighted by atomic mass is 9.74. The van der Waals surface area contributed by atoms with Crippen LogP contribution in [0.15, 0.2) is 22.8 Å². The predicted molar refractivity (Wildman–Crippen MR) is 87.6 cm³/mol. The summed E-state index contributed by atoms with van der Waals surface area (Å²) < 4.78 is 11.0. The molecule has 6 nitrogen and oxygen atoms in total. The van der Waals surface area contributed by atoms with E-state index in [0.717, 1.165) is 44.8 Å². The summed E-state index contributed by atoms with van der Waals surface area (Å²) in [7, 11) is 0. The number of furan rings is 1. The molecular weight excluding hydrogens is 308 g/mol. The Hall–Kier alpha value is -1.37. The maximum atomic E-state index is 11.9. The molecule has 0 bridgehead atoms. The number of carbonyl (C=O) groups is 1. The molecule has 0 unspecified atom stereocenters. The number of piperidine rings is 1. The first-order valence-corrected chi connectivity index (χ1v) is 8.97. The van der Waals surface area contributed by atoms with E-state index >= 15 is 0 Å². The van der Waals surface area contributed by atoms with Gasteiger partial charge in [0.05, 0.1) is 24.8 Å². The van der Waals surface area contributed by atoms with Crippen molar-refractivity contribution in [2.75, 3.05) is 39.4 Å². The van der Waals surface area contributed by atoms with Gasteiger partial charge >= 0.3 is 5.97 Å². The van der Waals surface area contributed by atoms with Crippen LogP contribution < -0.4 is 0 Å². The summed E-state index contributed by atoms with van der Waals surface area (Å²) in [4.78, 5) is 16.8. The van der Waals surface area contributed by atoms with Crippen LogP contribution in [0, 0.1) is 11.3 Å². The zero-order valence-corrected chi connectivity index (χ0v) is 14.0. The number of aliphatic carboxylic acids is 1.